The van der Waals surface area contributed by atoms with E-state index >= 15 is 0 Å². The Hall–Kier alpha value is -3.82. The van der Waals surface area contributed by atoms with Gasteiger partial charge < -0.3 is 29.2 Å². The summed E-state index contributed by atoms with van der Waals surface area (Å²) >= 11 is 6.64. The fourth-order valence-corrected chi connectivity index (χ4v) is 6.79. The number of ether oxygens (including phenoxy) is 2. The lowest BCUT2D eigenvalue weighted by Crippen LogP contribution is -2.57. The predicted octanol–water partition coefficient (Wildman–Crippen LogP) is 3.96. The largest absolute Gasteiger partial charge is 0.462 e. The van der Waals surface area contributed by atoms with Gasteiger partial charge in [0.1, 0.15) is 18.5 Å². The van der Waals surface area contributed by atoms with E-state index in [0.29, 0.717) is 43.4 Å². The third kappa shape index (κ3) is 5.95. The monoisotopic (exact) mass is 620 g/mol. The second-order valence-corrected chi connectivity index (χ2v) is 12.0. The predicted molar refractivity (Wildman–Crippen MR) is 164 cm³/mol. The van der Waals surface area contributed by atoms with Gasteiger partial charge in [0.05, 0.1) is 24.5 Å². The molecule has 12 heteroatoms. The number of aliphatic hydroxyl groups is 1. The van der Waals surface area contributed by atoms with Gasteiger partial charge in [-0.2, -0.15) is 9.97 Å². The topological polar surface area (TPSA) is 95.6 Å². The highest BCUT2D eigenvalue weighted by molar-refractivity contribution is 6.35. The minimum absolute atomic E-state index is 0.0168. The first kappa shape index (κ1) is 30.2. The van der Waals surface area contributed by atoms with Crippen LogP contribution in [-0.4, -0.2) is 95.3 Å². The summed E-state index contributed by atoms with van der Waals surface area (Å²) in [6.45, 7) is 12.6. The van der Waals surface area contributed by atoms with Crippen molar-refractivity contribution in [2.75, 3.05) is 51.3 Å². The fraction of sp³-hybridized carbons (Fsp3) is 0.438. The molecular formula is C32H34ClFN6O4. The Balaban J connectivity index is 1.34. The molecule has 0 radical (unpaired) electrons. The molecule has 0 spiro atoms. The second-order valence-electron chi connectivity index (χ2n) is 11.6. The number of piperazine rings is 1. The van der Waals surface area contributed by atoms with Crippen molar-refractivity contribution >= 4 is 34.1 Å². The van der Waals surface area contributed by atoms with E-state index < -0.39 is 23.9 Å². The maximum atomic E-state index is 13.8. The molecule has 1 aromatic heterocycles. The van der Waals surface area contributed by atoms with Gasteiger partial charge in [-0.25, -0.2) is 11.0 Å². The third-order valence-electron chi connectivity index (χ3n) is 8.74. The molecule has 230 valence electrons. The minimum atomic E-state index is -1.04. The number of halogens is 2. The van der Waals surface area contributed by atoms with Gasteiger partial charge in [0.2, 0.25) is 6.54 Å². The van der Waals surface area contributed by atoms with Gasteiger partial charge in [-0.1, -0.05) is 48.5 Å². The molecule has 4 atom stereocenters. The molecule has 1 unspecified atom stereocenters. The SMILES string of the molecule is [C-]#[N+]C[C@H]1CN(c2nc(OC[C@@H]3C[C@H](O)CN3C)nc3c2COC(c2cccc4cccc(Cl)c24)C3)CCN1C(=O)C(=C)F. The van der Waals surface area contributed by atoms with Crippen LogP contribution in [0.3, 0.4) is 0 Å². The van der Waals surface area contributed by atoms with Gasteiger partial charge in [-0.3, -0.25) is 9.69 Å². The van der Waals surface area contributed by atoms with Gasteiger partial charge in [-0.05, 0) is 30.5 Å². The van der Waals surface area contributed by atoms with E-state index in [1.807, 2.05) is 48.3 Å². The number of aromatic nitrogens is 2. The summed E-state index contributed by atoms with van der Waals surface area (Å²) in [6, 6.07) is 11.5. The Bertz CT molecular complexity index is 1630. The van der Waals surface area contributed by atoms with E-state index in [2.05, 4.69) is 16.3 Å². The number of amides is 1. The second kappa shape index (κ2) is 12.7. The van der Waals surface area contributed by atoms with Crippen LogP contribution in [0, 0.1) is 6.57 Å². The van der Waals surface area contributed by atoms with E-state index in [9.17, 15) is 14.3 Å². The number of anilines is 1. The van der Waals surface area contributed by atoms with Gasteiger partial charge in [-0.15, -0.1) is 0 Å². The number of likely N-dealkylation sites (tertiary alicyclic amines) is 1. The Kier molecular flexibility index (Phi) is 8.69. The number of carbonyl (C=O) groups excluding carboxylic acids is 1. The Morgan fingerprint density at radius 2 is 2.02 bits per heavy atom. The van der Waals surface area contributed by atoms with E-state index in [0.717, 1.165) is 27.6 Å². The number of aliphatic hydroxyl groups excluding tert-OH is 1. The number of hydrogen-bond acceptors (Lipinski definition) is 8. The molecule has 0 saturated carbocycles. The molecule has 44 heavy (non-hydrogen) atoms. The molecule has 2 saturated heterocycles. The van der Waals surface area contributed by atoms with Gasteiger partial charge >= 0.3 is 6.01 Å². The van der Waals surface area contributed by atoms with Gasteiger partial charge in [0, 0.05) is 54.6 Å². The fourth-order valence-electron chi connectivity index (χ4n) is 6.50. The molecule has 2 fully saturated rings. The third-order valence-corrected chi connectivity index (χ3v) is 9.05. The summed E-state index contributed by atoms with van der Waals surface area (Å²) in [4.78, 5) is 31.1. The van der Waals surface area contributed by atoms with Gasteiger partial charge in [0.15, 0.2) is 5.83 Å². The average molecular weight is 621 g/mol. The van der Waals surface area contributed by atoms with Crippen LogP contribution in [-0.2, 0) is 22.6 Å². The number of β-amino-alcohol motifs (C(OH)–C–C–N with tert-alkyl or cyclic N) is 1. The molecule has 3 aliphatic heterocycles. The van der Waals surface area contributed by atoms with Crippen LogP contribution in [0.15, 0.2) is 48.8 Å². The lowest BCUT2D eigenvalue weighted by atomic mass is 9.94. The quantitative estimate of drug-likeness (QED) is 0.313. The average Bonchev–Trinajstić information content (AvgIpc) is 3.35. The normalized spacial score (nSPS) is 23.8. The molecular weight excluding hydrogens is 587 g/mol. The van der Waals surface area contributed by atoms with Crippen molar-refractivity contribution < 1.29 is 23.8 Å². The van der Waals surface area contributed by atoms with E-state index in [4.69, 9.17) is 37.6 Å². The maximum absolute atomic E-state index is 13.8. The Labute approximate surface area is 260 Å². The van der Waals surface area contributed by atoms with Crippen molar-refractivity contribution in [2.24, 2.45) is 0 Å². The number of rotatable bonds is 7. The Morgan fingerprint density at radius 1 is 1.23 bits per heavy atom. The van der Waals surface area contributed by atoms with Crippen LogP contribution in [0.4, 0.5) is 10.2 Å². The number of likely N-dealkylation sites (N-methyl/N-ethyl adjacent to an activating group) is 1. The first-order chi connectivity index (χ1) is 21.2. The van der Waals surface area contributed by atoms with Crippen LogP contribution in [0.2, 0.25) is 5.02 Å². The zero-order valence-corrected chi connectivity index (χ0v) is 25.2. The molecule has 0 aliphatic carbocycles. The van der Waals surface area contributed by atoms with Crippen molar-refractivity contribution in [2.45, 2.75) is 43.7 Å². The summed E-state index contributed by atoms with van der Waals surface area (Å²) in [5.74, 6) is -1.23. The molecule has 2 aromatic carbocycles. The summed E-state index contributed by atoms with van der Waals surface area (Å²) in [6.07, 6.45) is 0.343. The van der Waals surface area contributed by atoms with E-state index in [-0.39, 0.29) is 44.4 Å². The van der Waals surface area contributed by atoms with Crippen molar-refractivity contribution in [3.8, 4) is 6.01 Å². The van der Waals surface area contributed by atoms with E-state index in [1.165, 1.54) is 4.90 Å². The molecule has 6 rings (SSSR count). The van der Waals surface area contributed by atoms with Crippen LogP contribution in [0.25, 0.3) is 15.6 Å². The molecule has 3 aromatic rings. The van der Waals surface area contributed by atoms with Crippen LogP contribution >= 0.6 is 11.6 Å². The standard InChI is InChI=1S/C32H34ClFN6O4/c1-19(34)31(42)40-11-10-39(15-22(40)14-35-2)30-25-18-43-28(24-8-4-6-20-7-5-9-26(33)29(20)24)13-27(25)36-32(37-30)44-17-21-12-23(41)16-38(21)3/h4-9,21-23,28,41H,1,10-18H2,3H3/t21-,22-,23-,28?/m0/s1. The van der Waals surface area contributed by atoms with Crippen molar-refractivity contribution in [3.63, 3.8) is 0 Å². The van der Waals surface area contributed by atoms with Crippen LogP contribution < -0.4 is 9.64 Å². The summed E-state index contributed by atoms with van der Waals surface area (Å²) in [7, 11) is 1.95. The van der Waals surface area contributed by atoms with Crippen molar-refractivity contribution in [1.82, 2.24) is 19.8 Å². The lowest BCUT2D eigenvalue weighted by Gasteiger charge is -2.40. The number of hydrogen-bond donors (Lipinski definition) is 1. The Morgan fingerprint density at radius 3 is 2.75 bits per heavy atom. The van der Waals surface area contributed by atoms with Gasteiger partial charge in [0.25, 0.3) is 5.91 Å². The summed E-state index contributed by atoms with van der Waals surface area (Å²) in [5.41, 5.74) is 2.56. The summed E-state index contributed by atoms with van der Waals surface area (Å²) in [5, 5.41) is 12.7. The highest BCUT2D eigenvalue weighted by atomic mass is 35.5. The first-order valence-electron chi connectivity index (χ1n) is 14.7. The van der Waals surface area contributed by atoms with Crippen LogP contribution in [0.5, 0.6) is 6.01 Å². The minimum Gasteiger partial charge on any atom is -0.462 e. The highest BCUT2D eigenvalue weighted by Gasteiger charge is 2.37. The number of nitrogens with zero attached hydrogens (tertiary/aromatic N) is 6. The van der Waals surface area contributed by atoms with Crippen molar-refractivity contribution in [1.29, 1.82) is 0 Å². The number of benzene rings is 2. The smallest absolute Gasteiger partial charge is 0.318 e. The number of carbonyl (C=O) groups is 1. The molecule has 1 N–H and O–H groups in total. The van der Waals surface area contributed by atoms with E-state index in [1.54, 1.807) is 0 Å². The highest BCUT2D eigenvalue weighted by Crippen LogP contribution is 2.39. The summed E-state index contributed by atoms with van der Waals surface area (Å²) < 4.78 is 26.4. The lowest BCUT2D eigenvalue weighted by molar-refractivity contribution is -0.131. The zero-order chi connectivity index (χ0) is 31.0. The van der Waals surface area contributed by atoms with Crippen LogP contribution in [0.1, 0.15) is 29.3 Å². The van der Waals surface area contributed by atoms with Crippen molar-refractivity contribution in [3.05, 3.63) is 82.1 Å². The molecule has 3 aliphatic rings. The molecule has 1 amide bonds. The number of fused-ring (bicyclic) bond motifs is 2. The zero-order valence-electron chi connectivity index (χ0n) is 24.5. The molecule has 4 heterocycles. The first-order valence-corrected chi connectivity index (χ1v) is 15.0. The molecule has 10 nitrogen and oxygen atoms in total. The molecule has 0 bridgehead atoms. The maximum Gasteiger partial charge on any atom is 0.318 e.